The van der Waals surface area contributed by atoms with Crippen LogP contribution in [0, 0.1) is 11.8 Å². The first-order valence-electron chi connectivity index (χ1n) is 12.2. The third kappa shape index (κ3) is 7.00. The minimum atomic E-state index is -0.428. The fraction of sp³-hybridized carbons (Fsp3) is 0.464. The van der Waals surface area contributed by atoms with E-state index in [2.05, 4.69) is 24.5 Å². The molecule has 34 heavy (non-hydrogen) atoms. The molecule has 0 aromatic heterocycles. The molecule has 184 valence electrons. The summed E-state index contributed by atoms with van der Waals surface area (Å²) in [6, 6.07) is 13.6. The molecule has 1 aliphatic heterocycles. The monoisotopic (exact) mass is 484 g/mol. The van der Waals surface area contributed by atoms with Crippen LogP contribution in [0.15, 0.2) is 55.1 Å². The van der Waals surface area contributed by atoms with Gasteiger partial charge in [-0.3, -0.25) is 4.79 Å². The third-order valence-electron chi connectivity index (χ3n) is 6.77. The Balaban J connectivity index is 1.73. The number of carbonyl (C=O) groups excluding carboxylic acids is 1. The molecule has 3 rings (SSSR count). The van der Waals surface area contributed by atoms with E-state index in [1.165, 1.54) is 5.56 Å². The van der Waals surface area contributed by atoms with Gasteiger partial charge >= 0.3 is 0 Å². The van der Waals surface area contributed by atoms with Gasteiger partial charge in [0.25, 0.3) is 0 Å². The summed E-state index contributed by atoms with van der Waals surface area (Å²) < 4.78 is 11.8. The number of hydrogen-bond acceptors (Lipinski definition) is 4. The molecule has 3 atom stereocenters. The van der Waals surface area contributed by atoms with E-state index < -0.39 is 5.91 Å². The molecule has 1 unspecified atom stereocenters. The number of nitrogens with zero attached hydrogens (tertiary/aromatic N) is 1. The first kappa shape index (κ1) is 26.1. The van der Waals surface area contributed by atoms with Gasteiger partial charge in [-0.1, -0.05) is 43.2 Å². The SMILES string of the molecule is C=C[C@H](OC)[C@H](CC)CCN1CC(CCCc2cccc(Cl)c2)COc2ccc(C(N)=O)cc21. The summed E-state index contributed by atoms with van der Waals surface area (Å²) in [6.45, 7) is 8.48. The largest absolute Gasteiger partial charge is 0.491 e. The average Bonchev–Trinajstić information content (AvgIpc) is 3.00. The van der Waals surface area contributed by atoms with Crippen molar-refractivity contribution in [2.75, 3.05) is 31.7 Å². The maximum Gasteiger partial charge on any atom is 0.248 e. The predicted octanol–water partition coefficient (Wildman–Crippen LogP) is 5.89. The fourth-order valence-electron chi connectivity index (χ4n) is 4.79. The molecule has 2 aromatic rings. The molecule has 1 heterocycles. The highest BCUT2D eigenvalue weighted by Gasteiger charge is 2.26. The molecule has 2 aromatic carbocycles. The summed E-state index contributed by atoms with van der Waals surface area (Å²) in [5, 5.41) is 0.779. The molecule has 0 aliphatic carbocycles. The standard InChI is InChI=1S/C28H37ClN2O3/c1-4-22(26(5-2)33-3)14-15-31-18-21(10-6-8-20-9-7-11-24(29)16-20)19-34-27-13-12-23(28(30)32)17-25(27)31/h5,7,9,11-13,16-17,21-22,26H,2,4,6,8,10,14-15,18-19H2,1,3H3,(H2,30,32)/t21?,22-,26+/m1/s1. The van der Waals surface area contributed by atoms with E-state index in [1.54, 1.807) is 13.2 Å². The van der Waals surface area contributed by atoms with Crippen LogP contribution in [0.2, 0.25) is 5.02 Å². The van der Waals surface area contributed by atoms with Crippen LogP contribution in [0.5, 0.6) is 5.75 Å². The van der Waals surface area contributed by atoms with Crippen molar-refractivity contribution in [1.29, 1.82) is 0 Å². The van der Waals surface area contributed by atoms with Crippen LogP contribution in [-0.2, 0) is 11.2 Å². The van der Waals surface area contributed by atoms with Crippen LogP contribution in [-0.4, -0.2) is 38.8 Å². The number of anilines is 1. The van der Waals surface area contributed by atoms with Crippen molar-refractivity contribution >= 4 is 23.2 Å². The Hall–Kier alpha value is -2.50. The lowest BCUT2D eigenvalue weighted by Gasteiger charge is -2.30. The van der Waals surface area contributed by atoms with Crippen molar-refractivity contribution in [1.82, 2.24) is 0 Å². The van der Waals surface area contributed by atoms with Gasteiger partial charge in [-0.05, 0) is 67.5 Å². The first-order chi connectivity index (χ1) is 16.4. The topological polar surface area (TPSA) is 64.8 Å². The molecule has 6 heteroatoms. The quantitative estimate of drug-likeness (QED) is 0.381. The van der Waals surface area contributed by atoms with Crippen molar-refractivity contribution < 1.29 is 14.3 Å². The van der Waals surface area contributed by atoms with E-state index in [0.29, 0.717) is 24.0 Å². The van der Waals surface area contributed by atoms with Gasteiger partial charge in [-0.15, -0.1) is 6.58 Å². The number of rotatable bonds is 12. The Labute approximate surface area is 208 Å². The number of fused-ring (bicyclic) bond motifs is 1. The number of primary amides is 1. The number of nitrogens with two attached hydrogens (primary N) is 1. The molecular formula is C28H37ClN2O3. The summed E-state index contributed by atoms with van der Waals surface area (Å²) in [5.41, 5.74) is 8.27. The maximum atomic E-state index is 11.8. The number of methoxy groups -OCH3 is 1. The molecular weight excluding hydrogens is 448 g/mol. The van der Waals surface area contributed by atoms with Crippen LogP contribution in [0.25, 0.3) is 0 Å². The van der Waals surface area contributed by atoms with E-state index >= 15 is 0 Å². The molecule has 0 radical (unpaired) electrons. The van der Waals surface area contributed by atoms with Crippen LogP contribution in [0.4, 0.5) is 5.69 Å². The number of carbonyl (C=O) groups is 1. The highest BCUT2D eigenvalue weighted by atomic mass is 35.5. The Morgan fingerprint density at radius 1 is 1.35 bits per heavy atom. The van der Waals surface area contributed by atoms with Crippen molar-refractivity contribution in [3.63, 3.8) is 0 Å². The normalized spacial score (nSPS) is 17.3. The molecule has 0 bridgehead atoms. The summed E-state index contributed by atoms with van der Waals surface area (Å²) in [6.07, 6.45) is 6.97. The molecule has 2 N–H and O–H groups in total. The second kappa shape index (κ2) is 12.8. The predicted molar refractivity (Wildman–Crippen MR) is 140 cm³/mol. The van der Waals surface area contributed by atoms with E-state index in [0.717, 1.165) is 61.7 Å². The van der Waals surface area contributed by atoms with Gasteiger partial charge < -0.3 is 20.1 Å². The van der Waals surface area contributed by atoms with E-state index in [1.807, 2.05) is 36.4 Å². The third-order valence-corrected chi connectivity index (χ3v) is 7.00. The Morgan fingerprint density at radius 3 is 2.85 bits per heavy atom. The van der Waals surface area contributed by atoms with Crippen LogP contribution in [0.1, 0.15) is 48.5 Å². The number of hydrogen-bond donors (Lipinski definition) is 1. The minimum absolute atomic E-state index is 0.0261. The van der Waals surface area contributed by atoms with Crippen molar-refractivity contribution in [2.24, 2.45) is 17.6 Å². The van der Waals surface area contributed by atoms with Gasteiger partial charge in [0, 0.05) is 36.7 Å². The zero-order chi connectivity index (χ0) is 24.5. The summed E-state index contributed by atoms with van der Waals surface area (Å²) in [4.78, 5) is 14.2. The molecule has 0 saturated heterocycles. The lowest BCUT2D eigenvalue weighted by atomic mass is 9.94. The highest BCUT2D eigenvalue weighted by Crippen LogP contribution is 2.35. The minimum Gasteiger partial charge on any atom is -0.491 e. The number of amides is 1. The lowest BCUT2D eigenvalue weighted by molar-refractivity contribution is 0.0846. The molecule has 0 saturated carbocycles. The Morgan fingerprint density at radius 2 is 2.18 bits per heavy atom. The second-order valence-corrected chi connectivity index (χ2v) is 9.52. The highest BCUT2D eigenvalue weighted by molar-refractivity contribution is 6.30. The van der Waals surface area contributed by atoms with Crippen LogP contribution >= 0.6 is 11.6 Å². The molecule has 5 nitrogen and oxygen atoms in total. The van der Waals surface area contributed by atoms with Crippen molar-refractivity contribution in [2.45, 2.75) is 45.1 Å². The van der Waals surface area contributed by atoms with Crippen molar-refractivity contribution in [3.05, 3.63) is 71.3 Å². The molecule has 1 amide bonds. The second-order valence-electron chi connectivity index (χ2n) is 9.08. The molecule has 1 aliphatic rings. The Kier molecular flexibility index (Phi) is 9.85. The molecule has 0 spiro atoms. The van der Waals surface area contributed by atoms with Gasteiger partial charge in [-0.2, -0.15) is 0 Å². The van der Waals surface area contributed by atoms with Crippen molar-refractivity contribution in [3.8, 4) is 5.75 Å². The number of aryl methyl sites for hydroxylation is 1. The van der Waals surface area contributed by atoms with Gasteiger partial charge in [0.05, 0.1) is 18.4 Å². The average molecular weight is 485 g/mol. The zero-order valence-corrected chi connectivity index (χ0v) is 21.1. The Bertz CT molecular complexity index is 964. The van der Waals surface area contributed by atoms with Gasteiger partial charge in [0.1, 0.15) is 5.75 Å². The van der Waals surface area contributed by atoms with Gasteiger partial charge in [-0.25, -0.2) is 0 Å². The van der Waals surface area contributed by atoms with E-state index in [9.17, 15) is 4.79 Å². The van der Waals surface area contributed by atoms with E-state index in [-0.39, 0.29) is 6.10 Å². The summed E-state index contributed by atoms with van der Waals surface area (Å²) in [7, 11) is 1.74. The summed E-state index contributed by atoms with van der Waals surface area (Å²) in [5.74, 6) is 1.13. The first-order valence-corrected chi connectivity index (χ1v) is 12.5. The fourth-order valence-corrected chi connectivity index (χ4v) is 5.00. The summed E-state index contributed by atoms with van der Waals surface area (Å²) >= 11 is 6.14. The zero-order valence-electron chi connectivity index (χ0n) is 20.3. The molecule has 0 fully saturated rings. The van der Waals surface area contributed by atoms with Gasteiger partial charge in [0.2, 0.25) is 5.91 Å². The number of benzene rings is 2. The van der Waals surface area contributed by atoms with Crippen LogP contribution in [0.3, 0.4) is 0 Å². The smallest absolute Gasteiger partial charge is 0.248 e. The van der Waals surface area contributed by atoms with E-state index in [4.69, 9.17) is 26.8 Å². The lowest BCUT2D eigenvalue weighted by Crippen LogP contribution is -2.33. The maximum absolute atomic E-state index is 11.8. The number of halogens is 1. The van der Waals surface area contributed by atoms with Gasteiger partial charge in [0.15, 0.2) is 0 Å². The number of ether oxygens (including phenoxy) is 2. The van der Waals surface area contributed by atoms with Crippen LogP contribution < -0.4 is 15.4 Å².